The number of carbonyl (C=O) groups is 2. The van der Waals surface area contributed by atoms with E-state index < -0.39 is 17.6 Å². The van der Waals surface area contributed by atoms with E-state index >= 15 is 0 Å². The van der Waals surface area contributed by atoms with Crippen molar-refractivity contribution in [3.8, 4) is 0 Å². The number of aromatic nitrogens is 3. The lowest BCUT2D eigenvalue weighted by molar-refractivity contribution is 0.0845. The first kappa shape index (κ1) is 19.8. The number of halogens is 2. The number of hydrogen-bond acceptors (Lipinski definition) is 5. The first-order chi connectivity index (χ1) is 14.5. The average molecular weight is 516 g/mol. The van der Waals surface area contributed by atoms with Gasteiger partial charge in [-0.05, 0) is 52.9 Å². The highest BCUT2D eigenvalue weighted by molar-refractivity contribution is 14.1. The van der Waals surface area contributed by atoms with E-state index in [-0.39, 0.29) is 22.6 Å². The Morgan fingerprint density at radius 3 is 2.63 bits per heavy atom. The van der Waals surface area contributed by atoms with Gasteiger partial charge in [-0.1, -0.05) is 18.2 Å². The molecule has 0 fully saturated rings. The summed E-state index contributed by atoms with van der Waals surface area (Å²) in [6.45, 7) is 0. The molecule has 2 heterocycles. The van der Waals surface area contributed by atoms with E-state index in [2.05, 4.69) is 31.3 Å². The number of hydrazine groups is 1. The summed E-state index contributed by atoms with van der Waals surface area (Å²) in [5.41, 5.74) is 6.20. The molecule has 0 atom stereocenters. The molecule has 4 rings (SSSR count). The Hall–Kier alpha value is -3.54. The van der Waals surface area contributed by atoms with Gasteiger partial charge >= 0.3 is 0 Å². The highest BCUT2D eigenvalue weighted by Gasteiger charge is 2.17. The third kappa shape index (κ3) is 4.08. The van der Waals surface area contributed by atoms with Gasteiger partial charge in [0.15, 0.2) is 5.69 Å². The maximum atomic E-state index is 14.2. The van der Waals surface area contributed by atoms with Gasteiger partial charge in [0.2, 0.25) is 0 Å². The van der Waals surface area contributed by atoms with Crippen LogP contribution in [0, 0.1) is 9.39 Å². The highest BCUT2D eigenvalue weighted by Crippen LogP contribution is 2.23. The van der Waals surface area contributed by atoms with E-state index in [9.17, 15) is 14.0 Å². The first-order valence-electron chi connectivity index (χ1n) is 8.73. The topological polar surface area (TPSA) is 112 Å². The molecule has 8 nitrogen and oxygen atoms in total. The number of amides is 2. The zero-order chi connectivity index (χ0) is 21.1. The number of nitrogens with zero attached hydrogens (tertiary/aromatic N) is 2. The number of rotatable bonds is 4. The molecule has 10 heteroatoms. The van der Waals surface area contributed by atoms with Gasteiger partial charge in [0.25, 0.3) is 11.8 Å². The molecular formula is C20H14FIN6O2. The Bertz CT molecular complexity index is 1260. The number of nitrogens with one attached hydrogen (secondary N) is 4. The first-order valence-corrected chi connectivity index (χ1v) is 9.80. The molecule has 0 aliphatic carbocycles. The summed E-state index contributed by atoms with van der Waals surface area (Å²) in [5.74, 6) is -1.64. The summed E-state index contributed by atoms with van der Waals surface area (Å²) in [7, 11) is 0. The minimum atomic E-state index is -0.598. The van der Waals surface area contributed by atoms with Gasteiger partial charge in [0.1, 0.15) is 5.82 Å². The van der Waals surface area contributed by atoms with E-state index in [1.165, 1.54) is 24.5 Å². The third-order valence-corrected chi connectivity index (χ3v) is 4.91. The SMILES string of the molecule is O=C(NNC(=O)c1n[nH]c2ccccc12)c1ccncc1Nc1ccc(I)cc1F. The second kappa shape index (κ2) is 8.45. The molecular weight excluding hydrogens is 502 g/mol. The van der Waals surface area contributed by atoms with Gasteiger partial charge < -0.3 is 5.32 Å². The lowest BCUT2D eigenvalue weighted by Crippen LogP contribution is -2.42. The second-order valence-corrected chi connectivity index (χ2v) is 7.44. The molecule has 2 aromatic carbocycles. The lowest BCUT2D eigenvalue weighted by atomic mass is 10.2. The second-order valence-electron chi connectivity index (χ2n) is 6.20. The zero-order valence-corrected chi connectivity index (χ0v) is 17.4. The molecule has 150 valence electrons. The minimum absolute atomic E-state index is 0.153. The van der Waals surface area contributed by atoms with Crippen molar-refractivity contribution >= 4 is 56.7 Å². The van der Waals surface area contributed by atoms with Gasteiger partial charge in [-0.15, -0.1) is 0 Å². The van der Waals surface area contributed by atoms with Crippen molar-refractivity contribution in [1.29, 1.82) is 0 Å². The Kier molecular flexibility index (Phi) is 5.57. The van der Waals surface area contributed by atoms with Gasteiger partial charge in [0.05, 0.1) is 28.7 Å². The highest BCUT2D eigenvalue weighted by atomic mass is 127. The van der Waals surface area contributed by atoms with Crippen LogP contribution in [0.1, 0.15) is 20.8 Å². The molecule has 30 heavy (non-hydrogen) atoms. The van der Waals surface area contributed by atoms with Crippen molar-refractivity contribution in [3.63, 3.8) is 0 Å². The predicted octanol–water partition coefficient (Wildman–Crippen LogP) is 3.52. The summed E-state index contributed by atoms with van der Waals surface area (Å²) in [5, 5.41) is 10.2. The summed E-state index contributed by atoms with van der Waals surface area (Å²) >= 11 is 2.01. The number of hydrogen-bond donors (Lipinski definition) is 4. The molecule has 0 unspecified atom stereocenters. The van der Waals surface area contributed by atoms with Crippen LogP contribution in [0.5, 0.6) is 0 Å². The summed E-state index contributed by atoms with van der Waals surface area (Å²) < 4.78 is 14.9. The fraction of sp³-hybridized carbons (Fsp3) is 0. The Morgan fingerprint density at radius 2 is 1.80 bits per heavy atom. The van der Waals surface area contributed by atoms with Crippen LogP contribution in [0.2, 0.25) is 0 Å². The van der Waals surface area contributed by atoms with E-state index in [1.54, 1.807) is 30.3 Å². The molecule has 0 bridgehead atoms. The van der Waals surface area contributed by atoms with Crippen LogP contribution in [0.3, 0.4) is 0 Å². The fourth-order valence-corrected chi connectivity index (χ4v) is 3.26. The number of aromatic amines is 1. The Morgan fingerprint density at radius 1 is 1.00 bits per heavy atom. The zero-order valence-electron chi connectivity index (χ0n) is 15.2. The number of benzene rings is 2. The quantitative estimate of drug-likeness (QED) is 0.245. The molecule has 0 saturated heterocycles. The maximum absolute atomic E-state index is 14.2. The number of H-pyrrole nitrogens is 1. The smallest absolute Gasteiger partial charge is 0.290 e. The van der Waals surface area contributed by atoms with Crippen LogP contribution < -0.4 is 16.2 Å². The molecule has 0 aliphatic heterocycles. The number of pyridine rings is 1. The third-order valence-electron chi connectivity index (χ3n) is 4.24. The summed E-state index contributed by atoms with van der Waals surface area (Å²) in [4.78, 5) is 29.0. The van der Waals surface area contributed by atoms with Crippen LogP contribution in [-0.4, -0.2) is 27.0 Å². The minimum Gasteiger partial charge on any atom is -0.351 e. The van der Waals surface area contributed by atoms with Crippen LogP contribution in [0.4, 0.5) is 15.8 Å². The fourth-order valence-electron chi connectivity index (χ4n) is 2.80. The monoisotopic (exact) mass is 516 g/mol. The largest absolute Gasteiger partial charge is 0.351 e. The molecule has 4 aromatic rings. The lowest BCUT2D eigenvalue weighted by Gasteiger charge is -2.13. The molecule has 0 spiro atoms. The number of para-hydroxylation sites is 1. The average Bonchev–Trinajstić information content (AvgIpc) is 3.18. The number of fused-ring (bicyclic) bond motifs is 1. The van der Waals surface area contributed by atoms with Crippen molar-refractivity contribution in [2.24, 2.45) is 0 Å². The van der Waals surface area contributed by atoms with E-state index in [0.717, 1.165) is 3.57 Å². The van der Waals surface area contributed by atoms with Crippen molar-refractivity contribution in [1.82, 2.24) is 26.0 Å². The summed E-state index contributed by atoms with van der Waals surface area (Å²) in [6.07, 6.45) is 2.82. The molecule has 0 saturated carbocycles. The molecule has 4 N–H and O–H groups in total. The van der Waals surface area contributed by atoms with Crippen LogP contribution >= 0.6 is 22.6 Å². The van der Waals surface area contributed by atoms with Crippen molar-refractivity contribution in [3.05, 3.63) is 81.6 Å². The molecule has 0 aliphatic rings. The van der Waals surface area contributed by atoms with Crippen molar-refractivity contribution in [2.45, 2.75) is 0 Å². The molecule has 2 amide bonds. The van der Waals surface area contributed by atoms with Crippen molar-refractivity contribution < 1.29 is 14.0 Å². The Balaban J connectivity index is 1.49. The Labute approximate surface area is 183 Å². The van der Waals surface area contributed by atoms with Crippen LogP contribution in [0.25, 0.3) is 10.9 Å². The van der Waals surface area contributed by atoms with Gasteiger partial charge in [-0.3, -0.25) is 30.5 Å². The van der Waals surface area contributed by atoms with Crippen LogP contribution in [0.15, 0.2) is 60.9 Å². The number of carbonyl (C=O) groups excluding carboxylic acids is 2. The van der Waals surface area contributed by atoms with Crippen LogP contribution in [-0.2, 0) is 0 Å². The normalized spacial score (nSPS) is 10.6. The van der Waals surface area contributed by atoms with Gasteiger partial charge in [-0.25, -0.2) is 4.39 Å². The van der Waals surface area contributed by atoms with Gasteiger partial charge in [0, 0.05) is 15.2 Å². The van der Waals surface area contributed by atoms with E-state index in [0.29, 0.717) is 10.9 Å². The van der Waals surface area contributed by atoms with Crippen molar-refractivity contribution in [2.75, 3.05) is 5.32 Å². The standard InChI is InChI=1S/C20H14FIN6O2/c21-14-9-11(22)5-6-16(14)24-17-10-23-8-7-13(17)19(29)27-28-20(30)18-12-3-1-2-4-15(12)25-26-18/h1-10,24H,(H,25,26)(H,27,29)(H,28,30). The predicted molar refractivity (Wildman–Crippen MR) is 118 cm³/mol. The van der Waals surface area contributed by atoms with Gasteiger partial charge in [-0.2, -0.15) is 5.10 Å². The molecule has 2 aromatic heterocycles. The molecule has 0 radical (unpaired) electrons. The van der Waals surface area contributed by atoms with E-state index in [1.807, 2.05) is 28.7 Å². The number of anilines is 2. The summed E-state index contributed by atoms with van der Waals surface area (Å²) in [6, 6.07) is 13.3. The van der Waals surface area contributed by atoms with E-state index in [4.69, 9.17) is 0 Å². The maximum Gasteiger partial charge on any atom is 0.290 e.